The highest BCUT2D eigenvalue weighted by atomic mass is 79.9. The second-order valence-corrected chi connectivity index (χ2v) is 18.8. The van der Waals surface area contributed by atoms with Gasteiger partial charge in [0.2, 0.25) is 5.91 Å². The van der Waals surface area contributed by atoms with Crippen LogP contribution in [0, 0.1) is 0 Å². The molecule has 0 N–H and O–H groups in total. The molecule has 2 aliphatic heterocycles. The second kappa shape index (κ2) is 8.45. The van der Waals surface area contributed by atoms with Crippen molar-refractivity contribution in [2.75, 3.05) is 4.57 Å². The maximum atomic E-state index is 17.2. The van der Waals surface area contributed by atoms with Crippen molar-refractivity contribution in [3.8, 4) is 0 Å². The Labute approximate surface area is 211 Å². The third-order valence-corrected chi connectivity index (χ3v) is 16.8. The summed E-state index contributed by atoms with van der Waals surface area (Å²) in [6, 6.07) is 13.2. The monoisotopic (exact) mass is 566 g/mol. The minimum Gasteiger partial charge on any atom is -0.373 e. The van der Waals surface area contributed by atoms with Crippen LogP contribution in [0.3, 0.4) is 0 Å². The standard InChI is InChI=1S/C25H32BrFN2O3SSi/c1-16(2)34(17(3)4,18(5)6)29-22-14-19(26)12-13-21(22)25(27)15-23(30)28(24(25)29)33(31,32)20-10-8-7-9-11-20/h7-14,16-18,24H,15H2,1-6H3/t24-,25-/m1/s1. The average Bonchev–Trinajstić information content (AvgIpc) is 3.14. The first kappa shape index (κ1) is 25.4. The minimum absolute atomic E-state index is 0.00408. The maximum absolute atomic E-state index is 17.2. The van der Waals surface area contributed by atoms with Gasteiger partial charge in [-0.1, -0.05) is 81.7 Å². The van der Waals surface area contributed by atoms with Crippen LogP contribution >= 0.6 is 15.9 Å². The lowest BCUT2D eigenvalue weighted by atomic mass is 9.95. The van der Waals surface area contributed by atoms with Gasteiger partial charge in [0.1, 0.15) is 0 Å². The van der Waals surface area contributed by atoms with Crippen LogP contribution in [-0.2, 0) is 20.5 Å². The van der Waals surface area contributed by atoms with E-state index in [1.807, 2.05) is 6.07 Å². The predicted octanol–water partition coefficient (Wildman–Crippen LogP) is 6.56. The summed E-state index contributed by atoms with van der Waals surface area (Å²) in [5.41, 5.74) is -0.480. The van der Waals surface area contributed by atoms with E-state index in [-0.39, 0.29) is 21.5 Å². The summed E-state index contributed by atoms with van der Waals surface area (Å²) >= 11 is 3.54. The second-order valence-electron chi connectivity index (χ2n) is 10.3. The summed E-state index contributed by atoms with van der Waals surface area (Å²) in [5.74, 6) is -0.700. The van der Waals surface area contributed by atoms with Gasteiger partial charge in [0.05, 0.1) is 11.3 Å². The maximum Gasteiger partial charge on any atom is 0.268 e. The molecule has 2 aliphatic rings. The first-order valence-corrected chi connectivity index (χ1v) is 16.1. The fourth-order valence-corrected chi connectivity index (χ4v) is 15.7. The van der Waals surface area contributed by atoms with E-state index in [4.69, 9.17) is 0 Å². The highest BCUT2D eigenvalue weighted by Crippen LogP contribution is 2.60. The molecule has 4 rings (SSSR count). The van der Waals surface area contributed by atoms with Crippen LogP contribution in [0.1, 0.15) is 53.5 Å². The number of amides is 1. The van der Waals surface area contributed by atoms with Gasteiger partial charge >= 0.3 is 0 Å². The summed E-state index contributed by atoms with van der Waals surface area (Å²) in [4.78, 5) is 13.4. The number of hydrogen-bond acceptors (Lipinski definition) is 4. The summed E-state index contributed by atoms with van der Waals surface area (Å²) in [6.07, 6.45) is -1.73. The van der Waals surface area contributed by atoms with Gasteiger partial charge in [0.25, 0.3) is 10.0 Å². The lowest BCUT2D eigenvalue weighted by molar-refractivity contribution is -0.124. The van der Waals surface area contributed by atoms with Crippen LogP contribution in [0.15, 0.2) is 57.9 Å². The molecule has 2 heterocycles. The highest BCUT2D eigenvalue weighted by Gasteiger charge is 2.69. The molecule has 5 nitrogen and oxygen atoms in total. The molecule has 184 valence electrons. The van der Waals surface area contributed by atoms with Gasteiger partial charge in [0, 0.05) is 15.7 Å². The highest BCUT2D eigenvalue weighted by molar-refractivity contribution is 9.10. The largest absolute Gasteiger partial charge is 0.373 e. The molecule has 0 saturated carbocycles. The zero-order valence-corrected chi connectivity index (χ0v) is 23.8. The third-order valence-electron chi connectivity index (χ3n) is 7.69. The lowest BCUT2D eigenvalue weighted by Crippen LogP contribution is -2.67. The number of carbonyl (C=O) groups is 1. The molecule has 0 aliphatic carbocycles. The molecule has 0 aromatic heterocycles. The Morgan fingerprint density at radius 1 is 1.00 bits per heavy atom. The molecule has 0 radical (unpaired) electrons. The van der Waals surface area contributed by atoms with Gasteiger partial charge in [-0.3, -0.25) is 4.79 Å². The summed E-state index contributed by atoms with van der Waals surface area (Å²) < 4.78 is 48.6. The number of anilines is 1. The smallest absolute Gasteiger partial charge is 0.268 e. The topological polar surface area (TPSA) is 57.7 Å². The van der Waals surface area contributed by atoms with Crippen LogP contribution in [0.2, 0.25) is 16.6 Å². The lowest BCUT2D eigenvalue weighted by Gasteiger charge is -2.54. The van der Waals surface area contributed by atoms with E-state index in [0.717, 1.165) is 8.78 Å². The Hall–Kier alpha value is -1.71. The van der Waals surface area contributed by atoms with Crippen LogP contribution in [0.4, 0.5) is 10.1 Å². The van der Waals surface area contributed by atoms with E-state index in [1.54, 1.807) is 30.3 Å². The van der Waals surface area contributed by atoms with Crippen molar-refractivity contribution >= 4 is 45.8 Å². The number of benzene rings is 2. The van der Waals surface area contributed by atoms with Crippen LogP contribution in [0.5, 0.6) is 0 Å². The van der Waals surface area contributed by atoms with Crippen LogP contribution in [-0.4, -0.2) is 33.0 Å². The van der Waals surface area contributed by atoms with Crippen molar-refractivity contribution in [1.82, 2.24) is 4.31 Å². The van der Waals surface area contributed by atoms with Crippen LogP contribution < -0.4 is 4.57 Å². The van der Waals surface area contributed by atoms with E-state index in [2.05, 4.69) is 62.0 Å². The number of sulfonamides is 1. The first-order valence-electron chi connectivity index (χ1n) is 11.7. The van der Waals surface area contributed by atoms with Crippen LogP contribution in [0.25, 0.3) is 0 Å². The van der Waals surface area contributed by atoms with Gasteiger partial charge in [-0.05, 0) is 40.9 Å². The summed E-state index contributed by atoms with van der Waals surface area (Å²) in [7, 11) is -6.90. The number of halogens is 2. The molecule has 9 heteroatoms. The van der Waals surface area contributed by atoms with E-state index < -0.39 is 42.4 Å². The minimum atomic E-state index is -4.27. The van der Waals surface area contributed by atoms with Crippen molar-refractivity contribution in [3.63, 3.8) is 0 Å². The zero-order valence-electron chi connectivity index (χ0n) is 20.4. The van der Waals surface area contributed by atoms with Crippen molar-refractivity contribution < 1.29 is 17.6 Å². The zero-order chi connectivity index (χ0) is 25.2. The molecule has 2 aromatic rings. The molecule has 2 aromatic carbocycles. The summed E-state index contributed by atoms with van der Waals surface area (Å²) in [6.45, 7) is 12.9. The molecule has 1 amide bonds. The number of alkyl halides is 1. The van der Waals surface area contributed by atoms with Gasteiger partial charge < -0.3 is 4.57 Å². The number of fused-ring (bicyclic) bond motifs is 3. The number of rotatable bonds is 6. The molecular formula is C25H32BrFN2O3SSi. The van der Waals surface area contributed by atoms with Gasteiger partial charge in [-0.15, -0.1) is 0 Å². The van der Waals surface area contributed by atoms with Gasteiger partial charge in [-0.2, -0.15) is 0 Å². The number of hydrogen-bond donors (Lipinski definition) is 0. The molecule has 0 spiro atoms. The Morgan fingerprint density at radius 2 is 1.56 bits per heavy atom. The molecule has 0 bridgehead atoms. The number of carbonyl (C=O) groups excluding carboxylic acids is 1. The average molecular weight is 568 g/mol. The van der Waals surface area contributed by atoms with Crippen molar-refractivity contribution in [3.05, 3.63) is 58.6 Å². The molecule has 2 atom stereocenters. The molecule has 0 unspecified atom stereocenters. The quantitative estimate of drug-likeness (QED) is 0.371. The Kier molecular flexibility index (Phi) is 6.31. The van der Waals surface area contributed by atoms with E-state index in [9.17, 15) is 13.2 Å². The summed E-state index contributed by atoms with van der Waals surface area (Å²) in [5, 5.41) is 0. The Bertz CT molecular complexity index is 1200. The van der Waals surface area contributed by atoms with Crippen molar-refractivity contribution in [2.45, 2.75) is 81.3 Å². The Morgan fingerprint density at radius 3 is 2.09 bits per heavy atom. The van der Waals surface area contributed by atoms with E-state index >= 15 is 4.39 Å². The van der Waals surface area contributed by atoms with E-state index in [1.165, 1.54) is 12.1 Å². The normalized spacial score (nSPS) is 22.8. The Balaban J connectivity index is 2.06. The molecule has 1 saturated heterocycles. The molecular weight excluding hydrogens is 535 g/mol. The molecule has 34 heavy (non-hydrogen) atoms. The van der Waals surface area contributed by atoms with Crippen molar-refractivity contribution in [1.29, 1.82) is 0 Å². The fraction of sp³-hybridized carbons (Fsp3) is 0.480. The van der Waals surface area contributed by atoms with Gasteiger partial charge in [-0.25, -0.2) is 17.1 Å². The molecule has 1 fully saturated rings. The first-order chi connectivity index (χ1) is 15.8. The third kappa shape index (κ3) is 3.33. The van der Waals surface area contributed by atoms with Crippen molar-refractivity contribution in [2.24, 2.45) is 0 Å². The van der Waals surface area contributed by atoms with Gasteiger partial charge in [0.15, 0.2) is 20.1 Å². The van der Waals surface area contributed by atoms with E-state index in [0.29, 0.717) is 11.3 Å². The predicted molar refractivity (Wildman–Crippen MR) is 139 cm³/mol. The fourth-order valence-electron chi connectivity index (χ4n) is 6.67. The SMILES string of the molecule is CC(C)[Si](C(C)C)(C(C)C)N1c2cc(Br)ccc2[C@]2(F)CC(=O)N(S(=O)(=O)c3ccccc3)[C@H]12. The number of nitrogens with zero attached hydrogens (tertiary/aromatic N) is 2.